The number of non-ortho nitro benzene ring substituents is 1. The van der Waals surface area contributed by atoms with Crippen molar-refractivity contribution in [2.24, 2.45) is 5.10 Å². The van der Waals surface area contributed by atoms with E-state index < -0.39 is 16.6 Å². The fourth-order valence-corrected chi connectivity index (χ4v) is 2.22. The van der Waals surface area contributed by atoms with Crippen molar-refractivity contribution in [1.29, 1.82) is 0 Å². The van der Waals surface area contributed by atoms with Crippen molar-refractivity contribution in [2.45, 2.75) is 33.0 Å². The molecule has 0 aliphatic rings. The topological polar surface area (TPSA) is 112 Å². The van der Waals surface area contributed by atoms with E-state index in [2.05, 4.69) is 10.5 Å². The molecule has 0 saturated carbocycles. The van der Waals surface area contributed by atoms with Crippen LogP contribution in [0.25, 0.3) is 0 Å². The number of carbonyl (C=O) groups excluding carboxylic acids is 1. The molecule has 0 fully saturated rings. The number of ether oxygens (including phenoxy) is 3. The number of amides is 1. The lowest BCUT2D eigenvalue weighted by Gasteiger charge is -2.18. The summed E-state index contributed by atoms with van der Waals surface area (Å²) in [5, 5.41) is 14.5. The zero-order valence-corrected chi connectivity index (χ0v) is 16.7. The molecular weight excluding hydrogens is 378 g/mol. The van der Waals surface area contributed by atoms with Gasteiger partial charge in [-0.25, -0.2) is 10.2 Å². The van der Waals surface area contributed by atoms with Crippen LogP contribution in [0.4, 0.5) is 10.5 Å². The first-order valence-electron chi connectivity index (χ1n) is 8.74. The van der Waals surface area contributed by atoms with Crippen LogP contribution in [0.15, 0.2) is 47.6 Å². The first-order valence-corrected chi connectivity index (χ1v) is 8.74. The summed E-state index contributed by atoms with van der Waals surface area (Å²) in [6.07, 6.45) is 0.802. The first kappa shape index (κ1) is 21.7. The summed E-state index contributed by atoms with van der Waals surface area (Å²) in [6.45, 7) is 5.51. The maximum absolute atomic E-state index is 11.6. The molecule has 0 aliphatic carbocycles. The number of rotatable bonds is 7. The third-order valence-corrected chi connectivity index (χ3v) is 3.50. The highest BCUT2D eigenvalue weighted by Gasteiger charge is 2.15. The fraction of sp³-hybridized carbons (Fsp3) is 0.300. The quantitative estimate of drug-likeness (QED) is 0.426. The van der Waals surface area contributed by atoms with Crippen molar-refractivity contribution < 1.29 is 23.9 Å². The van der Waals surface area contributed by atoms with E-state index in [0.717, 1.165) is 5.56 Å². The second-order valence-corrected chi connectivity index (χ2v) is 6.99. The lowest BCUT2D eigenvalue weighted by molar-refractivity contribution is -0.384. The summed E-state index contributed by atoms with van der Waals surface area (Å²) in [7, 11) is 1.51. The van der Waals surface area contributed by atoms with Gasteiger partial charge in [-0.15, -0.1) is 0 Å². The molecule has 2 aromatic carbocycles. The van der Waals surface area contributed by atoms with Crippen LogP contribution in [0.3, 0.4) is 0 Å². The van der Waals surface area contributed by atoms with Crippen LogP contribution in [0.1, 0.15) is 31.9 Å². The number of benzene rings is 2. The van der Waals surface area contributed by atoms with Crippen molar-refractivity contribution in [1.82, 2.24) is 5.43 Å². The minimum Gasteiger partial charge on any atom is -0.493 e. The Morgan fingerprint density at radius 1 is 1.17 bits per heavy atom. The SMILES string of the molecule is COc1cc(/C=N/NC(=O)OC(C)(C)C)ccc1OCc1ccc([N+](=O)[O-])cc1. The molecule has 0 aliphatic heterocycles. The molecule has 9 heteroatoms. The molecule has 0 atom stereocenters. The van der Waals surface area contributed by atoms with Crippen molar-refractivity contribution in [3.63, 3.8) is 0 Å². The van der Waals surface area contributed by atoms with Gasteiger partial charge < -0.3 is 14.2 Å². The molecule has 154 valence electrons. The van der Waals surface area contributed by atoms with Crippen LogP contribution in [0.5, 0.6) is 11.5 Å². The van der Waals surface area contributed by atoms with Crippen LogP contribution in [-0.4, -0.2) is 29.9 Å². The highest BCUT2D eigenvalue weighted by molar-refractivity contribution is 5.82. The Balaban J connectivity index is 1.98. The van der Waals surface area contributed by atoms with Gasteiger partial charge in [0.2, 0.25) is 0 Å². The number of nitrogens with zero attached hydrogens (tertiary/aromatic N) is 2. The number of nitrogens with one attached hydrogen (secondary N) is 1. The Morgan fingerprint density at radius 3 is 2.45 bits per heavy atom. The zero-order valence-electron chi connectivity index (χ0n) is 16.7. The van der Waals surface area contributed by atoms with Crippen LogP contribution in [0, 0.1) is 10.1 Å². The molecule has 0 bridgehead atoms. The van der Waals surface area contributed by atoms with E-state index in [1.54, 1.807) is 51.1 Å². The van der Waals surface area contributed by atoms with E-state index in [9.17, 15) is 14.9 Å². The molecule has 0 radical (unpaired) electrons. The van der Waals surface area contributed by atoms with E-state index in [-0.39, 0.29) is 12.3 Å². The molecule has 0 aromatic heterocycles. The molecule has 0 spiro atoms. The molecule has 2 aromatic rings. The second kappa shape index (κ2) is 9.54. The van der Waals surface area contributed by atoms with Crippen molar-refractivity contribution in [3.05, 3.63) is 63.7 Å². The molecule has 29 heavy (non-hydrogen) atoms. The number of methoxy groups -OCH3 is 1. The minimum absolute atomic E-state index is 0.0231. The van der Waals surface area contributed by atoms with E-state index in [4.69, 9.17) is 14.2 Å². The number of nitro groups is 1. The van der Waals surface area contributed by atoms with Crippen LogP contribution in [0.2, 0.25) is 0 Å². The highest BCUT2D eigenvalue weighted by atomic mass is 16.6. The Morgan fingerprint density at radius 2 is 1.86 bits per heavy atom. The summed E-state index contributed by atoms with van der Waals surface area (Å²) in [5.74, 6) is 0.983. The maximum atomic E-state index is 11.6. The molecule has 2 rings (SSSR count). The summed E-state index contributed by atoms with van der Waals surface area (Å²) in [4.78, 5) is 21.8. The average Bonchev–Trinajstić information content (AvgIpc) is 2.65. The van der Waals surface area contributed by atoms with Crippen molar-refractivity contribution in [2.75, 3.05) is 7.11 Å². The Labute approximate surface area is 168 Å². The Bertz CT molecular complexity index is 888. The molecule has 0 unspecified atom stereocenters. The minimum atomic E-state index is -0.649. The monoisotopic (exact) mass is 401 g/mol. The van der Waals surface area contributed by atoms with Gasteiger partial charge >= 0.3 is 6.09 Å². The Kier molecular flexibility index (Phi) is 7.13. The lowest BCUT2D eigenvalue weighted by Crippen LogP contribution is -2.29. The fourth-order valence-electron chi connectivity index (χ4n) is 2.22. The van der Waals surface area contributed by atoms with E-state index in [0.29, 0.717) is 17.1 Å². The van der Waals surface area contributed by atoms with E-state index in [1.807, 2.05) is 0 Å². The summed E-state index contributed by atoms with van der Waals surface area (Å²) in [5.41, 5.74) is 3.17. The van der Waals surface area contributed by atoms with Gasteiger partial charge in [0.15, 0.2) is 11.5 Å². The molecular formula is C20H23N3O6. The van der Waals surface area contributed by atoms with Crippen LogP contribution >= 0.6 is 0 Å². The molecule has 9 nitrogen and oxygen atoms in total. The first-order chi connectivity index (χ1) is 13.7. The van der Waals surface area contributed by atoms with E-state index >= 15 is 0 Å². The van der Waals surface area contributed by atoms with Gasteiger partial charge in [0, 0.05) is 12.1 Å². The predicted octanol–water partition coefficient (Wildman–Crippen LogP) is 4.04. The summed E-state index contributed by atoms with van der Waals surface area (Å²) < 4.78 is 16.2. The number of hydrogen-bond donors (Lipinski definition) is 1. The number of hydrazone groups is 1. The number of hydrogen-bond acceptors (Lipinski definition) is 7. The standard InChI is InChI=1S/C20H23N3O6/c1-20(2,3)29-19(24)22-21-12-15-7-10-17(18(11-15)27-4)28-13-14-5-8-16(9-6-14)23(25)26/h5-12H,13H2,1-4H3,(H,22,24)/b21-12+. The lowest BCUT2D eigenvalue weighted by atomic mass is 10.2. The van der Waals surface area contributed by atoms with Gasteiger partial charge in [-0.3, -0.25) is 10.1 Å². The zero-order chi connectivity index (χ0) is 21.4. The third-order valence-electron chi connectivity index (χ3n) is 3.50. The molecule has 1 amide bonds. The van der Waals surface area contributed by atoms with Gasteiger partial charge in [0.1, 0.15) is 12.2 Å². The highest BCUT2D eigenvalue weighted by Crippen LogP contribution is 2.28. The van der Waals surface area contributed by atoms with Crippen molar-refractivity contribution >= 4 is 18.0 Å². The molecule has 0 heterocycles. The number of carbonyl (C=O) groups is 1. The van der Waals surface area contributed by atoms with Crippen LogP contribution in [-0.2, 0) is 11.3 Å². The average molecular weight is 401 g/mol. The summed E-state index contributed by atoms with van der Waals surface area (Å²) in [6, 6.07) is 11.3. The largest absolute Gasteiger partial charge is 0.493 e. The van der Waals surface area contributed by atoms with Crippen LogP contribution < -0.4 is 14.9 Å². The summed E-state index contributed by atoms with van der Waals surface area (Å²) >= 11 is 0. The normalized spacial score (nSPS) is 11.2. The third kappa shape index (κ3) is 7.13. The van der Waals surface area contributed by atoms with Gasteiger partial charge in [-0.05, 0) is 62.2 Å². The molecule has 1 N–H and O–H groups in total. The maximum Gasteiger partial charge on any atom is 0.428 e. The smallest absolute Gasteiger partial charge is 0.428 e. The van der Waals surface area contributed by atoms with Gasteiger partial charge in [-0.1, -0.05) is 0 Å². The second-order valence-electron chi connectivity index (χ2n) is 6.99. The predicted molar refractivity (Wildman–Crippen MR) is 107 cm³/mol. The van der Waals surface area contributed by atoms with Gasteiger partial charge in [0.25, 0.3) is 5.69 Å². The van der Waals surface area contributed by atoms with E-state index in [1.165, 1.54) is 25.5 Å². The molecule has 0 saturated heterocycles. The van der Waals surface area contributed by atoms with Crippen molar-refractivity contribution in [3.8, 4) is 11.5 Å². The Hall–Kier alpha value is -3.62. The van der Waals surface area contributed by atoms with Gasteiger partial charge in [-0.2, -0.15) is 5.10 Å². The number of nitro benzene ring substituents is 1. The van der Waals surface area contributed by atoms with Gasteiger partial charge in [0.05, 0.1) is 18.2 Å².